The smallest absolute Gasteiger partial charge is 0.196 e. The van der Waals surface area contributed by atoms with Crippen molar-refractivity contribution in [2.24, 2.45) is 5.73 Å². The van der Waals surface area contributed by atoms with Crippen molar-refractivity contribution in [2.45, 2.75) is 0 Å². The Morgan fingerprint density at radius 3 is 2.40 bits per heavy atom. The molecule has 0 atom stereocenters. The third kappa shape index (κ3) is 1.22. The predicted molar refractivity (Wildman–Crippen MR) is 38.0 cm³/mol. The Kier molecular flexibility index (Phi) is 1.53. The van der Waals surface area contributed by atoms with E-state index in [1.54, 1.807) is 0 Å². The van der Waals surface area contributed by atoms with Gasteiger partial charge in [-0.25, -0.2) is 0 Å². The summed E-state index contributed by atoms with van der Waals surface area (Å²) in [6.45, 7) is 0. The molecule has 0 aliphatic heterocycles. The Morgan fingerprint density at radius 1 is 1.50 bits per heavy atom. The van der Waals surface area contributed by atoms with Crippen LogP contribution in [0.1, 0.15) is 0 Å². The summed E-state index contributed by atoms with van der Waals surface area (Å²) in [6.07, 6.45) is 2.90. The third-order valence-electron chi connectivity index (χ3n) is 1.08. The fraction of sp³-hybridized carbons (Fsp3) is 0. The molecule has 0 spiro atoms. The van der Waals surface area contributed by atoms with Gasteiger partial charge in [0, 0.05) is 24.5 Å². The number of nitrogens with two attached hydrogens (primary N) is 1. The van der Waals surface area contributed by atoms with E-state index >= 15 is 0 Å². The van der Waals surface area contributed by atoms with Crippen molar-refractivity contribution in [1.82, 2.24) is 4.57 Å². The normalized spacial score (nSPS) is 9.20. The van der Waals surface area contributed by atoms with Crippen molar-refractivity contribution in [1.29, 1.82) is 5.41 Å². The van der Waals surface area contributed by atoms with Crippen LogP contribution in [-0.2, 0) is 0 Å². The van der Waals surface area contributed by atoms with Crippen molar-refractivity contribution in [3.63, 3.8) is 0 Å². The maximum Gasteiger partial charge on any atom is 0.196 e. The minimum absolute atomic E-state index is 0.0856. The van der Waals surface area contributed by atoms with Gasteiger partial charge in [-0.3, -0.25) is 14.8 Å². The highest BCUT2D eigenvalue weighted by atomic mass is 16.1. The van der Waals surface area contributed by atoms with Gasteiger partial charge in [0.15, 0.2) is 11.4 Å². The SMILES string of the molecule is N=C(N)n1ccc(=O)cc1. The van der Waals surface area contributed by atoms with Crippen molar-refractivity contribution in [2.75, 3.05) is 0 Å². The standard InChI is InChI=1S/C6H7N3O/c7-6(8)9-3-1-5(10)2-4-9/h1-4H,(H3,7,8). The Labute approximate surface area is 57.4 Å². The first-order valence-corrected chi connectivity index (χ1v) is 2.73. The van der Waals surface area contributed by atoms with Crippen LogP contribution < -0.4 is 11.2 Å². The molecule has 1 aromatic heterocycles. The molecule has 1 aromatic rings. The molecule has 0 radical (unpaired) electrons. The second-order valence-electron chi connectivity index (χ2n) is 1.83. The molecule has 52 valence electrons. The summed E-state index contributed by atoms with van der Waals surface area (Å²) in [5.41, 5.74) is 5.02. The first-order valence-electron chi connectivity index (χ1n) is 2.73. The number of hydrogen-bond acceptors (Lipinski definition) is 2. The Balaban J connectivity index is 3.12. The molecule has 4 heteroatoms. The van der Waals surface area contributed by atoms with Gasteiger partial charge in [0.2, 0.25) is 0 Å². The average Bonchev–Trinajstić information content (AvgIpc) is 1.88. The summed E-state index contributed by atoms with van der Waals surface area (Å²) < 4.78 is 1.35. The second-order valence-corrected chi connectivity index (χ2v) is 1.83. The van der Waals surface area contributed by atoms with E-state index in [1.165, 1.54) is 29.1 Å². The van der Waals surface area contributed by atoms with Crippen LogP contribution >= 0.6 is 0 Å². The van der Waals surface area contributed by atoms with Gasteiger partial charge in [-0.2, -0.15) is 0 Å². The Bertz CT molecular complexity index is 282. The first-order chi connectivity index (χ1) is 4.70. The summed E-state index contributed by atoms with van der Waals surface area (Å²) in [7, 11) is 0. The molecule has 0 amide bonds. The molecule has 10 heavy (non-hydrogen) atoms. The lowest BCUT2D eigenvalue weighted by molar-refractivity contribution is 1.07. The maximum absolute atomic E-state index is 10.5. The third-order valence-corrected chi connectivity index (χ3v) is 1.08. The molecule has 0 saturated heterocycles. The highest BCUT2D eigenvalue weighted by Crippen LogP contribution is 1.78. The number of hydrogen-bond donors (Lipinski definition) is 2. The minimum Gasteiger partial charge on any atom is -0.369 e. The lowest BCUT2D eigenvalue weighted by Gasteiger charge is -1.98. The fourth-order valence-electron chi connectivity index (χ4n) is 0.573. The van der Waals surface area contributed by atoms with E-state index in [0.717, 1.165) is 0 Å². The van der Waals surface area contributed by atoms with Crippen LogP contribution in [0.3, 0.4) is 0 Å². The van der Waals surface area contributed by atoms with Crippen molar-refractivity contribution < 1.29 is 0 Å². The van der Waals surface area contributed by atoms with Crippen LogP contribution in [0.15, 0.2) is 29.3 Å². The van der Waals surface area contributed by atoms with Crippen molar-refractivity contribution in [3.05, 3.63) is 34.7 Å². The van der Waals surface area contributed by atoms with E-state index in [2.05, 4.69) is 0 Å². The monoisotopic (exact) mass is 137 g/mol. The van der Waals surface area contributed by atoms with Crippen LogP contribution in [0.2, 0.25) is 0 Å². The van der Waals surface area contributed by atoms with E-state index in [0.29, 0.717) is 0 Å². The number of rotatable bonds is 0. The van der Waals surface area contributed by atoms with E-state index in [9.17, 15) is 4.79 Å². The van der Waals surface area contributed by atoms with E-state index in [4.69, 9.17) is 11.1 Å². The molecule has 0 aromatic carbocycles. The van der Waals surface area contributed by atoms with Crippen LogP contribution in [0.5, 0.6) is 0 Å². The van der Waals surface area contributed by atoms with Gasteiger partial charge in [0.25, 0.3) is 0 Å². The average molecular weight is 137 g/mol. The van der Waals surface area contributed by atoms with Crippen LogP contribution in [0, 0.1) is 5.41 Å². The molecule has 0 saturated carbocycles. The Morgan fingerprint density at radius 2 is 2.00 bits per heavy atom. The molecular weight excluding hydrogens is 130 g/mol. The summed E-state index contributed by atoms with van der Waals surface area (Å²) in [6, 6.07) is 2.70. The van der Waals surface area contributed by atoms with Gasteiger partial charge in [0.05, 0.1) is 0 Å². The van der Waals surface area contributed by atoms with Gasteiger partial charge in [-0.05, 0) is 0 Å². The van der Waals surface area contributed by atoms with E-state index in [1.807, 2.05) is 0 Å². The van der Waals surface area contributed by atoms with Gasteiger partial charge < -0.3 is 5.73 Å². The largest absolute Gasteiger partial charge is 0.369 e. The van der Waals surface area contributed by atoms with Crippen LogP contribution in [0.4, 0.5) is 0 Å². The summed E-state index contributed by atoms with van der Waals surface area (Å²) in [5, 5.41) is 6.94. The highest BCUT2D eigenvalue weighted by molar-refractivity contribution is 5.76. The Hall–Kier alpha value is -1.58. The second kappa shape index (κ2) is 2.34. The number of aromatic nitrogens is 1. The van der Waals surface area contributed by atoms with Crippen LogP contribution in [-0.4, -0.2) is 10.5 Å². The van der Waals surface area contributed by atoms with Gasteiger partial charge in [0.1, 0.15) is 0 Å². The summed E-state index contributed by atoms with van der Waals surface area (Å²) in [4.78, 5) is 10.5. The molecule has 1 rings (SSSR count). The minimum atomic E-state index is -0.0972. The maximum atomic E-state index is 10.5. The molecule has 0 fully saturated rings. The molecule has 4 nitrogen and oxygen atoms in total. The summed E-state index contributed by atoms with van der Waals surface area (Å²) >= 11 is 0. The zero-order valence-electron chi connectivity index (χ0n) is 5.24. The lowest BCUT2D eigenvalue weighted by atomic mass is 10.5. The number of nitrogens with one attached hydrogen (secondary N) is 1. The molecule has 0 aliphatic carbocycles. The fourth-order valence-corrected chi connectivity index (χ4v) is 0.573. The number of pyridine rings is 1. The van der Waals surface area contributed by atoms with Gasteiger partial charge >= 0.3 is 0 Å². The van der Waals surface area contributed by atoms with E-state index < -0.39 is 0 Å². The predicted octanol–water partition coefficient (Wildman–Crippen LogP) is -0.410. The van der Waals surface area contributed by atoms with Crippen molar-refractivity contribution in [3.8, 4) is 0 Å². The topological polar surface area (TPSA) is 71.9 Å². The molecule has 0 unspecified atom stereocenters. The number of nitrogens with zero attached hydrogens (tertiary/aromatic N) is 1. The first kappa shape index (κ1) is 6.54. The lowest BCUT2D eigenvalue weighted by Crippen LogP contribution is -2.21. The van der Waals surface area contributed by atoms with Gasteiger partial charge in [-0.1, -0.05) is 0 Å². The summed E-state index contributed by atoms with van der Waals surface area (Å²) in [5.74, 6) is -0.0972. The molecule has 0 aliphatic rings. The molecule has 0 bridgehead atoms. The van der Waals surface area contributed by atoms with E-state index in [-0.39, 0.29) is 11.4 Å². The molecule has 1 heterocycles. The van der Waals surface area contributed by atoms with Gasteiger partial charge in [-0.15, -0.1) is 0 Å². The number of nitrogen functional groups attached to an aromatic ring is 1. The quantitative estimate of drug-likeness (QED) is 0.377. The zero-order valence-corrected chi connectivity index (χ0v) is 5.24. The van der Waals surface area contributed by atoms with Crippen LogP contribution in [0.25, 0.3) is 0 Å². The molecule has 3 N–H and O–H groups in total. The molecular formula is C6H7N3O. The van der Waals surface area contributed by atoms with Crippen molar-refractivity contribution >= 4 is 5.96 Å². The zero-order chi connectivity index (χ0) is 7.56. The highest BCUT2D eigenvalue weighted by Gasteiger charge is 1.87.